The van der Waals surface area contributed by atoms with Gasteiger partial charge in [0.2, 0.25) is 0 Å². The minimum absolute atomic E-state index is 0.199. The summed E-state index contributed by atoms with van der Waals surface area (Å²) in [6, 6.07) is 8.79. The molecule has 0 saturated carbocycles. The number of benzene rings is 2. The summed E-state index contributed by atoms with van der Waals surface area (Å²) in [6.45, 7) is 6.82. The molecule has 0 spiro atoms. The summed E-state index contributed by atoms with van der Waals surface area (Å²) in [6.07, 6.45) is 1.25. The summed E-state index contributed by atoms with van der Waals surface area (Å²) in [7, 11) is 0. The normalized spacial score (nSPS) is 17.0. The number of hydrogen-bond donors (Lipinski definition) is 1. The fourth-order valence-electron chi connectivity index (χ4n) is 3.14. The maximum Gasteiger partial charge on any atom is 0.198 e. The van der Waals surface area contributed by atoms with Crippen LogP contribution in [-0.2, 0) is 11.3 Å². The lowest BCUT2D eigenvalue weighted by Gasteiger charge is -2.26. The van der Waals surface area contributed by atoms with Gasteiger partial charge in [-0.2, -0.15) is 0 Å². The fourth-order valence-corrected chi connectivity index (χ4v) is 3.14. The Labute approximate surface area is 169 Å². The van der Waals surface area contributed by atoms with Crippen molar-refractivity contribution in [3.63, 3.8) is 0 Å². The molecule has 2 aromatic carbocycles. The Morgan fingerprint density at radius 2 is 1.79 bits per heavy atom. The van der Waals surface area contributed by atoms with Gasteiger partial charge in [0.1, 0.15) is 17.4 Å². The van der Waals surface area contributed by atoms with E-state index in [-0.39, 0.29) is 12.6 Å². The van der Waals surface area contributed by atoms with Crippen LogP contribution in [0.5, 0.6) is 11.5 Å². The second-order valence-electron chi connectivity index (χ2n) is 6.77. The van der Waals surface area contributed by atoms with Crippen molar-refractivity contribution in [2.45, 2.75) is 39.6 Å². The highest BCUT2D eigenvalue weighted by Crippen LogP contribution is 2.38. The lowest BCUT2D eigenvalue weighted by molar-refractivity contribution is 0.0328. The van der Waals surface area contributed by atoms with Crippen molar-refractivity contribution in [2.75, 3.05) is 13.2 Å². The molecule has 0 radical (unpaired) electrons. The molecule has 0 amide bonds. The highest BCUT2D eigenvalue weighted by Gasteiger charge is 2.30. The molecule has 2 N–H and O–H groups in total. The molecule has 1 aliphatic rings. The SMILES string of the molecule is CCOc1ccc([C@@H]2OC(C(C)N)=CN2Cc2ccc(F)cc2F)cc1OCC. The third kappa shape index (κ3) is 4.79. The molecule has 0 bridgehead atoms. The highest BCUT2D eigenvalue weighted by atomic mass is 19.1. The van der Waals surface area contributed by atoms with E-state index in [9.17, 15) is 8.78 Å². The molecule has 2 atom stereocenters. The Balaban J connectivity index is 1.92. The standard InChI is InChI=1S/C22H26F2N2O3/c1-4-27-19-9-7-15(10-20(19)28-5-2)22-26(13-21(29-22)14(3)25)12-16-6-8-17(23)11-18(16)24/h6-11,13-14,22H,4-5,12,25H2,1-3H3/t14?,22-/m0/s1. The summed E-state index contributed by atoms with van der Waals surface area (Å²) in [5, 5.41) is 0. The maximum absolute atomic E-state index is 14.2. The van der Waals surface area contributed by atoms with E-state index < -0.39 is 17.9 Å². The molecule has 156 valence electrons. The minimum atomic E-state index is -0.611. The van der Waals surface area contributed by atoms with Crippen molar-refractivity contribution in [1.82, 2.24) is 4.90 Å². The zero-order valence-corrected chi connectivity index (χ0v) is 16.8. The first kappa shape index (κ1) is 20.9. The Morgan fingerprint density at radius 1 is 1.07 bits per heavy atom. The summed E-state index contributed by atoms with van der Waals surface area (Å²) >= 11 is 0. The second-order valence-corrected chi connectivity index (χ2v) is 6.77. The van der Waals surface area contributed by atoms with Crippen LogP contribution in [0.3, 0.4) is 0 Å². The van der Waals surface area contributed by atoms with Crippen molar-refractivity contribution in [3.8, 4) is 11.5 Å². The fraction of sp³-hybridized carbons (Fsp3) is 0.364. The Morgan fingerprint density at radius 3 is 2.45 bits per heavy atom. The topological polar surface area (TPSA) is 57.0 Å². The number of hydrogen-bond acceptors (Lipinski definition) is 5. The molecule has 0 aliphatic carbocycles. The average molecular weight is 404 g/mol. The molecule has 29 heavy (non-hydrogen) atoms. The van der Waals surface area contributed by atoms with Crippen molar-refractivity contribution in [1.29, 1.82) is 0 Å². The molecule has 7 heteroatoms. The van der Waals surface area contributed by atoms with E-state index in [2.05, 4.69) is 0 Å². The van der Waals surface area contributed by atoms with Gasteiger partial charge in [-0.05, 0) is 45.0 Å². The summed E-state index contributed by atoms with van der Waals surface area (Å²) < 4.78 is 44.8. The van der Waals surface area contributed by atoms with Crippen LogP contribution >= 0.6 is 0 Å². The predicted octanol–water partition coefficient (Wildman–Crippen LogP) is 4.48. The Bertz CT molecular complexity index is 886. The van der Waals surface area contributed by atoms with E-state index >= 15 is 0 Å². The first-order chi connectivity index (χ1) is 13.9. The van der Waals surface area contributed by atoms with Crippen LogP contribution in [0.25, 0.3) is 0 Å². The van der Waals surface area contributed by atoms with Crippen LogP contribution < -0.4 is 15.2 Å². The molecule has 0 saturated heterocycles. The number of halogens is 2. The number of rotatable bonds is 8. The van der Waals surface area contributed by atoms with Gasteiger partial charge in [0.15, 0.2) is 17.7 Å². The van der Waals surface area contributed by atoms with Crippen molar-refractivity contribution < 1.29 is 23.0 Å². The second kappa shape index (κ2) is 9.13. The molecule has 0 fully saturated rings. The van der Waals surface area contributed by atoms with Gasteiger partial charge >= 0.3 is 0 Å². The number of nitrogens with zero attached hydrogens (tertiary/aromatic N) is 1. The smallest absolute Gasteiger partial charge is 0.198 e. The number of ether oxygens (including phenoxy) is 3. The molecule has 1 heterocycles. The van der Waals surface area contributed by atoms with Gasteiger partial charge in [0.05, 0.1) is 19.3 Å². The minimum Gasteiger partial charge on any atom is -0.490 e. The summed E-state index contributed by atoms with van der Waals surface area (Å²) in [5.41, 5.74) is 7.17. The monoisotopic (exact) mass is 404 g/mol. The van der Waals surface area contributed by atoms with Gasteiger partial charge in [0, 0.05) is 29.9 Å². The van der Waals surface area contributed by atoms with Gasteiger partial charge in [-0.25, -0.2) is 8.78 Å². The van der Waals surface area contributed by atoms with Crippen LogP contribution in [0, 0.1) is 11.6 Å². The maximum atomic E-state index is 14.2. The zero-order chi connectivity index (χ0) is 21.0. The van der Waals surface area contributed by atoms with E-state index in [0.29, 0.717) is 36.0 Å². The van der Waals surface area contributed by atoms with E-state index in [1.54, 1.807) is 6.20 Å². The van der Waals surface area contributed by atoms with Crippen LogP contribution in [-0.4, -0.2) is 24.2 Å². The average Bonchev–Trinajstić information content (AvgIpc) is 3.10. The van der Waals surface area contributed by atoms with E-state index in [0.717, 1.165) is 11.6 Å². The van der Waals surface area contributed by atoms with Crippen LogP contribution in [0.2, 0.25) is 0 Å². The number of nitrogens with two attached hydrogens (primary N) is 1. The molecule has 0 aromatic heterocycles. The molecule has 2 aromatic rings. The van der Waals surface area contributed by atoms with Crippen molar-refractivity contribution in [3.05, 3.63) is 71.1 Å². The first-order valence-electron chi connectivity index (χ1n) is 9.66. The van der Waals surface area contributed by atoms with E-state index in [1.165, 1.54) is 12.1 Å². The predicted molar refractivity (Wildman–Crippen MR) is 106 cm³/mol. The van der Waals surface area contributed by atoms with E-state index in [1.807, 2.05) is 43.9 Å². The van der Waals surface area contributed by atoms with Crippen LogP contribution in [0.4, 0.5) is 8.78 Å². The Kier molecular flexibility index (Phi) is 6.59. The third-order valence-electron chi connectivity index (χ3n) is 4.51. The Hall–Kier alpha value is -2.80. The van der Waals surface area contributed by atoms with E-state index in [4.69, 9.17) is 19.9 Å². The van der Waals surface area contributed by atoms with Gasteiger partial charge in [-0.15, -0.1) is 0 Å². The molecule has 1 unspecified atom stereocenters. The zero-order valence-electron chi connectivity index (χ0n) is 16.8. The van der Waals surface area contributed by atoms with Crippen LogP contribution in [0.1, 0.15) is 38.1 Å². The van der Waals surface area contributed by atoms with Gasteiger partial charge in [-0.1, -0.05) is 6.07 Å². The van der Waals surface area contributed by atoms with Crippen LogP contribution in [0.15, 0.2) is 48.4 Å². The molecule has 3 rings (SSSR count). The van der Waals surface area contributed by atoms with Crippen molar-refractivity contribution in [2.24, 2.45) is 5.73 Å². The first-order valence-corrected chi connectivity index (χ1v) is 9.66. The quantitative estimate of drug-likeness (QED) is 0.703. The lowest BCUT2D eigenvalue weighted by atomic mass is 10.1. The van der Waals surface area contributed by atoms with Gasteiger partial charge in [0.25, 0.3) is 0 Å². The lowest BCUT2D eigenvalue weighted by Crippen LogP contribution is -2.21. The molecule has 1 aliphatic heterocycles. The largest absolute Gasteiger partial charge is 0.490 e. The van der Waals surface area contributed by atoms with Crippen molar-refractivity contribution >= 4 is 0 Å². The van der Waals surface area contributed by atoms with Gasteiger partial charge < -0.3 is 24.8 Å². The molecular weight excluding hydrogens is 378 g/mol. The molecular formula is C22H26F2N2O3. The third-order valence-corrected chi connectivity index (χ3v) is 4.51. The highest BCUT2D eigenvalue weighted by molar-refractivity contribution is 5.44. The molecule has 5 nitrogen and oxygen atoms in total. The summed E-state index contributed by atoms with van der Waals surface area (Å²) in [5.74, 6) is 0.628. The van der Waals surface area contributed by atoms with Gasteiger partial charge in [-0.3, -0.25) is 0 Å². The summed E-state index contributed by atoms with van der Waals surface area (Å²) in [4.78, 5) is 1.83.